The highest BCUT2D eigenvalue weighted by Crippen LogP contribution is 2.07. The van der Waals surface area contributed by atoms with Crippen molar-refractivity contribution in [1.82, 2.24) is 0 Å². The van der Waals surface area contributed by atoms with Crippen LogP contribution in [0.5, 0.6) is 0 Å². The van der Waals surface area contributed by atoms with Gasteiger partial charge in [0.25, 0.3) is 0 Å². The highest BCUT2D eigenvalue weighted by atomic mass is 14.7. The Kier molecular flexibility index (Phi) is 4.01. The van der Waals surface area contributed by atoms with E-state index >= 15 is 0 Å². The van der Waals surface area contributed by atoms with E-state index in [4.69, 9.17) is 0 Å². The molecule has 0 spiro atoms. The molecule has 1 heterocycles. The smallest absolute Gasteiger partial charge is 0.0573 e. The molecule has 0 N–H and O–H groups in total. The van der Waals surface area contributed by atoms with Crippen LogP contribution in [0.2, 0.25) is 0 Å². The van der Waals surface area contributed by atoms with Crippen molar-refractivity contribution in [2.24, 2.45) is 10.4 Å². The van der Waals surface area contributed by atoms with Crippen molar-refractivity contribution >= 4 is 6.21 Å². The highest BCUT2D eigenvalue weighted by Gasteiger charge is 1.95. The number of hydrogen-bond acceptors (Lipinski definition) is 1. The summed E-state index contributed by atoms with van der Waals surface area (Å²) >= 11 is 0. The van der Waals surface area contributed by atoms with Gasteiger partial charge in [-0.3, -0.25) is 4.99 Å². The van der Waals surface area contributed by atoms with Crippen molar-refractivity contribution in [2.75, 3.05) is 6.54 Å². The molecule has 0 atom stereocenters. The maximum Gasteiger partial charge on any atom is 0.0573 e. The normalized spacial score (nSPS) is 14.8. The highest BCUT2D eigenvalue weighted by molar-refractivity contribution is 5.73. The number of hydrogen-bond donors (Lipinski definition) is 0. The molecular weight excluding hydrogens is 122 g/mol. The quantitative estimate of drug-likeness (QED) is 0.489. The summed E-state index contributed by atoms with van der Waals surface area (Å²) in [7, 11) is 0. The third-order valence-electron chi connectivity index (χ3n) is 0.538. The Bertz CT molecular complexity index is 110. The molecule has 0 bridgehead atoms. The summed E-state index contributed by atoms with van der Waals surface area (Å²) in [6.45, 7) is 9.64. The largest absolute Gasteiger partial charge is 0.289 e. The Morgan fingerprint density at radius 1 is 1.20 bits per heavy atom. The molecule has 1 nitrogen and oxygen atoms in total. The molecule has 0 amide bonds. The van der Waals surface area contributed by atoms with Gasteiger partial charge >= 0.3 is 0 Å². The summed E-state index contributed by atoms with van der Waals surface area (Å²) in [6.07, 6.45) is 5.76. The first-order valence-corrected chi connectivity index (χ1v) is 3.65. The second-order valence-corrected chi connectivity index (χ2v) is 3.94. The summed E-state index contributed by atoms with van der Waals surface area (Å²) in [5.41, 5.74) is 0.500. The molecule has 0 saturated heterocycles. The van der Waals surface area contributed by atoms with Crippen LogP contribution >= 0.6 is 0 Å². The van der Waals surface area contributed by atoms with Crippen LogP contribution in [0.4, 0.5) is 0 Å². The third-order valence-corrected chi connectivity index (χ3v) is 0.538. The Morgan fingerprint density at radius 3 is 1.80 bits per heavy atom. The molecule has 1 aliphatic rings. The van der Waals surface area contributed by atoms with E-state index in [1.165, 1.54) is 0 Å². The van der Waals surface area contributed by atoms with Gasteiger partial charge in [0.05, 0.1) is 6.54 Å². The zero-order valence-electron chi connectivity index (χ0n) is 7.39. The first-order valence-electron chi connectivity index (χ1n) is 3.65. The van der Waals surface area contributed by atoms with Gasteiger partial charge in [0.15, 0.2) is 0 Å². The summed E-state index contributed by atoms with van der Waals surface area (Å²) < 4.78 is 0. The topological polar surface area (TPSA) is 12.4 Å². The van der Waals surface area contributed by atoms with Gasteiger partial charge in [0.2, 0.25) is 0 Å². The standard InChI is InChI=1S/C5H12.C4H5N/c1-5(2,3)4;1-2-4-5-3-1/h1-4H3;1-3H,4H2. The fraction of sp³-hybridized carbons (Fsp3) is 0.667. The minimum Gasteiger partial charge on any atom is -0.289 e. The van der Waals surface area contributed by atoms with E-state index in [-0.39, 0.29) is 0 Å². The monoisotopic (exact) mass is 139 g/mol. The maximum atomic E-state index is 3.85. The molecular formula is C9H17N. The van der Waals surface area contributed by atoms with Crippen LogP contribution in [-0.4, -0.2) is 12.8 Å². The van der Waals surface area contributed by atoms with E-state index < -0.39 is 0 Å². The van der Waals surface area contributed by atoms with Gasteiger partial charge in [0, 0.05) is 6.21 Å². The molecule has 0 fully saturated rings. The lowest BCUT2D eigenvalue weighted by Gasteiger charge is -2.05. The fourth-order valence-corrected chi connectivity index (χ4v) is 0.304. The van der Waals surface area contributed by atoms with E-state index in [2.05, 4.69) is 32.7 Å². The molecule has 0 aromatic heterocycles. The van der Waals surface area contributed by atoms with Crippen molar-refractivity contribution in [3.05, 3.63) is 12.2 Å². The predicted molar refractivity (Wildman–Crippen MR) is 47.6 cm³/mol. The summed E-state index contributed by atoms with van der Waals surface area (Å²) in [4.78, 5) is 3.85. The lowest BCUT2D eigenvalue weighted by molar-refractivity contribution is 0.469. The van der Waals surface area contributed by atoms with Crippen molar-refractivity contribution < 1.29 is 0 Å². The van der Waals surface area contributed by atoms with Crippen LogP contribution < -0.4 is 0 Å². The molecule has 1 aliphatic heterocycles. The second kappa shape index (κ2) is 4.26. The zero-order valence-corrected chi connectivity index (χ0v) is 7.39. The van der Waals surface area contributed by atoms with Crippen molar-refractivity contribution in [3.8, 4) is 0 Å². The van der Waals surface area contributed by atoms with Crippen molar-refractivity contribution in [2.45, 2.75) is 27.7 Å². The predicted octanol–water partition coefficient (Wildman–Crippen LogP) is 2.68. The zero-order chi connectivity index (χ0) is 8.04. The number of nitrogens with zero attached hydrogens (tertiary/aromatic N) is 1. The summed E-state index contributed by atoms with van der Waals surface area (Å²) in [6, 6.07) is 0. The second-order valence-electron chi connectivity index (χ2n) is 3.94. The van der Waals surface area contributed by atoms with E-state index in [0.717, 1.165) is 6.54 Å². The Labute approximate surface area is 63.9 Å². The van der Waals surface area contributed by atoms with Crippen LogP contribution in [0.15, 0.2) is 17.1 Å². The van der Waals surface area contributed by atoms with Crippen LogP contribution in [0.3, 0.4) is 0 Å². The Morgan fingerprint density at radius 2 is 1.70 bits per heavy atom. The Balaban J connectivity index is 0.000000162. The number of allylic oxidation sites excluding steroid dienone is 1. The fourth-order valence-electron chi connectivity index (χ4n) is 0.304. The SMILES string of the molecule is C1=CCN=C1.CC(C)(C)C. The molecule has 0 aromatic carbocycles. The first-order chi connectivity index (χ1) is 4.50. The van der Waals surface area contributed by atoms with Crippen molar-refractivity contribution in [3.63, 3.8) is 0 Å². The van der Waals surface area contributed by atoms with Crippen molar-refractivity contribution in [1.29, 1.82) is 0 Å². The van der Waals surface area contributed by atoms with E-state index in [1.807, 2.05) is 12.2 Å². The summed E-state index contributed by atoms with van der Waals surface area (Å²) in [5.74, 6) is 0. The van der Waals surface area contributed by atoms with Crippen LogP contribution in [0, 0.1) is 5.41 Å². The Hall–Kier alpha value is -0.590. The minimum atomic E-state index is 0.500. The van der Waals surface area contributed by atoms with Gasteiger partial charge in [-0.2, -0.15) is 0 Å². The lowest BCUT2D eigenvalue weighted by Crippen LogP contribution is -1.93. The molecule has 1 heteroatoms. The van der Waals surface area contributed by atoms with Gasteiger partial charge in [-0.1, -0.05) is 33.8 Å². The molecule has 58 valence electrons. The molecule has 1 rings (SSSR count). The number of aliphatic imine (C=N–C) groups is 1. The average molecular weight is 139 g/mol. The first kappa shape index (κ1) is 9.41. The van der Waals surface area contributed by atoms with Gasteiger partial charge < -0.3 is 0 Å². The number of rotatable bonds is 0. The average Bonchev–Trinajstić information content (AvgIpc) is 2.07. The maximum absolute atomic E-state index is 3.85. The van der Waals surface area contributed by atoms with Crippen LogP contribution in [0.1, 0.15) is 27.7 Å². The van der Waals surface area contributed by atoms with Gasteiger partial charge in [-0.25, -0.2) is 0 Å². The van der Waals surface area contributed by atoms with E-state index in [9.17, 15) is 0 Å². The molecule has 0 radical (unpaired) electrons. The molecule has 0 aromatic rings. The van der Waals surface area contributed by atoms with Gasteiger partial charge in [-0.05, 0) is 11.5 Å². The molecule has 0 saturated carbocycles. The molecule has 0 aliphatic carbocycles. The van der Waals surface area contributed by atoms with Gasteiger partial charge in [-0.15, -0.1) is 0 Å². The van der Waals surface area contributed by atoms with E-state index in [1.54, 1.807) is 6.21 Å². The van der Waals surface area contributed by atoms with Crippen LogP contribution in [0.25, 0.3) is 0 Å². The molecule has 0 unspecified atom stereocenters. The lowest BCUT2D eigenvalue weighted by atomic mass is 10.0. The van der Waals surface area contributed by atoms with E-state index in [0.29, 0.717) is 5.41 Å². The summed E-state index contributed by atoms with van der Waals surface area (Å²) in [5, 5.41) is 0. The van der Waals surface area contributed by atoms with Gasteiger partial charge in [0.1, 0.15) is 0 Å². The molecule has 10 heavy (non-hydrogen) atoms. The van der Waals surface area contributed by atoms with Crippen LogP contribution in [-0.2, 0) is 0 Å². The minimum absolute atomic E-state index is 0.500. The third kappa shape index (κ3) is 15.7.